The van der Waals surface area contributed by atoms with Gasteiger partial charge < -0.3 is 9.47 Å². The molecule has 38 heavy (non-hydrogen) atoms. The number of benzene rings is 4. The number of rotatable bonds is 6. The van der Waals surface area contributed by atoms with Gasteiger partial charge in [0.2, 0.25) is 0 Å². The maximum Gasteiger partial charge on any atom is 0.274 e. The third-order valence-electron chi connectivity index (χ3n) is 6.74. The third-order valence-corrected chi connectivity index (χ3v) is 8.29. The average Bonchev–Trinajstić information content (AvgIpc) is 3.39. The Hall–Kier alpha value is -3.68. The zero-order valence-corrected chi connectivity index (χ0v) is 23.7. The molecule has 0 spiro atoms. The zero-order chi connectivity index (χ0) is 26.4. The molecule has 5 nitrogen and oxygen atoms in total. The normalized spacial score (nSPS) is 12.2. The van der Waals surface area contributed by atoms with Gasteiger partial charge >= 0.3 is 0 Å². The summed E-state index contributed by atoms with van der Waals surface area (Å²) in [6.45, 7) is 6.95. The number of hydrogen-bond acceptors (Lipinski definition) is 5. The summed E-state index contributed by atoms with van der Waals surface area (Å²) in [6, 6.07) is 22.4. The van der Waals surface area contributed by atoms with Crippen molar-refractivity contribution < 1.29 is 9.47 Å². The molecule has 6 aromatic rings. The molecule has 0 atom stereocenters. The summed E-state index contributed by atoms with van der Waals surface area (Å²) in [5.74, 6) is 1.26. The molecule has 0 fully saturated rings. The van der Waals surface area contributed by atoms with Gasteiger partial charge in [-0.05, 0) is 100 Å². The van der Waals surface area contributed by atoms with E-state index in [0.29, 0.717) is 34.2 Å². The molecule has 6 rings (SSSR count). The van der Waals surface area contributed by atoms with Gasteiger partial charge in [-0.15, -0.1) is 0 Å². The lowest BCUT2D eigenvalue weighted by molar-refractivity contribution is 0.268. The van der Waals surface area contributed by atoms with Crippen LogP contribution < -0.4 is 19.6 Å². The van der Waals surface area contributed by atoms with Crippen LogP contribution in [0.3, 0.4) is 0 Å². The lowest BCUT2D eigenvalue weighted by Crippen LogP contribution is -2.22. The Bertz CT molecular complexity index is 1950. The van der Waals surface area contributed by atoms with Gasteiger partial charge in [0.15, 0.2) is 16.5 Å². The van der Waals surface area contributed by atoms with E-state index >= 15 is 0 Å². The van der Waals surface area contributed by atoms with E-state index in [1.54, 1.807) is 4.40 Å². The number of imidazole rings is 1. The molecule has 0 radical (unpaired) electrons. The predicted molar refractivity (Wildman–Crippen MR) is 159 cm³/mol. The summed E-state index contributed by atoms with van der Waals surface area (Å²) in [5.41, 5.74) is 5.87. The number of hydrogen-bond donors (Lipinski definition) is 0. The van der Waals surface area contributed by atoms with E-state index in [1.165, 1.54) is 22.3 Å². The molecule has 0 saturated heterocycles. The Kier molecular flexibility index (Phi) is 6.41. The van der Waals surface area contributed by atoms with E-state index in [4.69, 9.17) is 14.5 Å². The van der Waals surface area contributed by atoms with Crippen molar-refractivity contribution in [1.82, 2.24) is 9.38 Å². The van der Waals surface area contributed by atoms with E-state index < -0.39 is 0 Å². The van der Waals surface area contributed by atoms with Gasteiger partial charge in [0, 0.05) is 0 Å². The number of nitrogens with zero attached hydrogens (tertiary/aromatic N) is 2. The summed E-state index contributed by atoms with van der Waals surface area (Å²) >= 11 is 5.07. The van der Waals surface area contributed by atoms with E-state index in [0.717, 1.165) is 37.6 Å². The predicted octanol–water partition coefficient (Wildman–Crippen LogP) is 6.97. The van der Waals surface area contributed by atoms with Gasteiger partial charge in [0.1, 0.15) is 6.61 Å². The highest BCUT2D eigenvalue weighted by Gasteiger charge is 2.15. The van der Waals surface area contributed by atoms with Gasteiger partial charge in [-0.1, -0.05) is 53.8 Å². The zero-order valence-electron chi connectivity index (χ0n) is 21.2. The van der Waals surface area contributed by atoms with E-state index in [1.807, 2.05) is 55.5 Å². The molecule has 0 unspecified atom stereocenters. The van der Waals surface area contributed by atoms with Crippen molar-refractivity contribution in [2.75, 3.05) is 6.61 Å². The molecule has 2 heterocycles. The molecule has 2 aromatic heterocycles. The highest BCUT2D eigenvalue weighted by atomic mass is 79.9. The monoisotopic (exact) mass is 584 g/mol. The van der Waals surface area contributed by atoms with Crippen LogP contribution in [0.25, 0.3) is 32.8 Å². The minimum Gasteiger partial charge on any atom is -0.490 e. The molecule has 0 amide bonds. The van der Waals surface area contributed by atoms with Crippen LogP contribution in [0.1, 0.15) is 29.2 Å². The first-order valence-corrected chi connectivity index (χ1v) is 14.0. The minimum absolute atomic E-state index is 0.0684. The Morgan fingerprint density at radius 1 is 1.00 bits per heavy atom. The highest BCUT2D eigenvalue weighted by molar-refractivity contribution is 9.10. The lowest BCUT2D eigenvalue weighted by Gasteiger charge is -2.15. The first kappa shape index (κ1) is 24.6. The van der Waals surface area contributed by atoms with Crippen molar-refractivity contribution in [3.8, 4) is 11.5 Å². The van der Waals surface area contributed by atoms with Crippen LogP contribution in [0, 0.1) is 13.8 Å². The second-order valence-corrected chi connectivity index (χ2v) is 11.1. The van der Waals surface area contributed by atoms with E-state index in [2.05, 4.69) is 54.0 Å². The molecule has 0 aliphatic rings. The molecule has 0 saturated carbocycles. The number of aromatic nitrogens is 2. The standard InChI is InChI=1S/C31H25BrN2O3S/c1-4-36-27-15-20(14-24(32)29(27)37-17-22-10-7-9-21-8-5-6-11-23(21)22)16-28-30(35)34-26-13-19(3)18(2)12-25(26)33-31(34)38-28/h5-16H,4,17H2,1-3H3/b28-16-. The van der Waals surface area contributed by atoms with Gasteiger partial charge in [-0.2, -0.15) is 0 Å². The molecule has 190 valence electrons. The maximum absolute atomic E-state index is 13.4. The van der Waals surface area contributed by atoms with Crippen molar-refractivity contribution in [1.29, 1.82) is 0 Å². The van der Waals surface area contributed by atoms with Crippen molar-refractivity contribution in [2.24, 2.45) is 0 Å². The Morgan fingerprint density at radius 3 is 2.63 bits per heavy atom. The number of ether oxygens (including phenoxy) is 2. The average molecular weight is 586 g/mol. The topological polar surface area (TPSA) is 52.8 Å². The molecule has 0 aliphatic heterocycles. The number of fused-ring (bicyclic) bond motifs is 4. The maximum atomic E-state index is 13.4. The fourth-order valence-corrected chi connectivity index (χ4v) is 6.27. The molecular weight excluding hydrogens is 560 g/mol. The van der Waals surface area contributed by atoms with Crippen molar-refractivity contribution >= 4 is 60.1 Å². The summed E-state index contributed by atoms with van der Waals surface area (Å²) < 4.78 is 15.3. The summed E-state index contributed by atoms with van der Waals surface area (Å²) in [4.78, 5) is 18.8. The fraction of sp³-hybridized carbons (Fsp3) is 0.161. The minimum atomic E-state index is -0.0684. The van der Waals surface area contributed by atoms with Gasteiger partial charge in [0.25, 0.3) is 5.56 Å². The van der Waals surface area contributed by atoms with E-state index in [9.17, 15) is 4.79 Å². The molecule has 7 heteroatoms. The fourth-order valence-electron chi connectivity index (χ4n) is 4.71. The largest absolute Gasteiger partial charge is 0.490 e. The summed E-state index contributed by atoms with van der Waals surface area (Å²) in [7, 11) is 0. The summed E-state index contributed by atoms with van der Waals surface area (Å²) in [6.07, 6.45) is 1.89. The van der Waals surface area contributed by atoms with Crippen molar-refractivity contribution in [2.45, 2.75) is 27.4 Å². The van der Waals surface area contributed by atoms with Crippen LogP contribution >= 0.6 is 27.3 Å². The number of thiazole rings is 1. The molecule has 0 aliphatic carbocycles. The second-order valence-electron chi connectivity index (χ2n) is 9.26. The van der Waals surface area contributed by atoms with Crippen LogP contribution in [0.4, 0.5) is 0 Å². The second kappa shape index (κ2) is 9.89. The third kappa shape index (κ3) is 4.36. The van der Waals surface area contributed by atoms with Gasteiger partial charge in [-0.25, -0.2) is 9.38 Å². The van der Waals surface area contributed by atoms with E-state index in [-0.39, 0.29) is 5.56 Å². The summed E-state index contributed by atoms with van der Waals surface area (Å²) in [5, 5.41) is 2.34. The van der Waals surface area contributed by atoms with Crippen molar-refractivity contribution in [3.63, 3.8) is 0 Å². The first-order chi connectivity index (χ1) is 18.4. The molecule has 0 N–H and O–H groups in total. The Balaban J connectivity index is 1.38. The molecule has 4 aromatic carbocycles. The molecular formula is C31H25BrN2O3S. The number of halogens is 1. The SMILES string of the molecule is CCOc1cc(/C=c2\sc3nc4cc(C)c(C)cc4n3c2=O)cc(Br)c1OCc1cccc2ccccc12. The van der Waals surface area contributed by atoms with Crippen molar-refractivity contribution in [3.05, 3.63) is 108 Å². The first-order valence-electron chi connectivity index (χ1n) is 12.4. The lowest BCUT2D eigenvalue weighted by atomic mass is 10.1. The molecule has 0 bridgehead atoms. The quantitative estimate of drug-likeness (QED) is 0.212. The highest BCUT2D eigenvalue weighted by Crippen LogP contribution is 2.38. The Morgan fingerprint density at radius 2 is 1.79 bits per heavy atom. The van der Waals surface area contributed by atoms with Crippen LogP contribution in [0.2, 0.25) is 0 Å². The Labute approximate surface area is 232 Å². The van der Waals surface area contributed by atoms with Crippen LogP contribution in [-0.2, 0) is 6.61 Å². The van der Waals surface area contributed by atoms with Crippen LogP contribution in [-0.4, -0.2) is 16.0 Å². The van der Waals surface area contributed by atoms with Gasteiger partial charge in [-0.3, -0.25) is 4.79 Å². The number of aryl methyl sites for hydroxylation is 2. The van der Waals surface area contributed by atoms with Crippen LogP contribution in [0.5, 0.6) is 11.5 Å². The smallest absolute Gasteiger partial charge is 0.274 e. The van der Waals surface area contributed by atoms with Gasteiger partial charge in [0.05, 0.1) is 26.6 Å². The van der Waals surface area contributed by atoms with Crippen LogP contribution in [0.15, 0.2) is 76.0 Å².